The van der Waals surface area contributed by atoms with Gasteiger partial charge in [-0.05, 0) is 24.3 Å². The molecule has 0 spiro atoms. The highest BCUT2D eigenvalue weighted by atomic mass is 16.1. The third kappa shape index (κ3) is 2.44. The molecule has 1 aliphatic carbocycles. The maximum Gasteiger partial charge on any atom is 0.166 e. The molecule has 0 bridgehead atoms. The first-order valence-electron chi connectivity index (χ1n) is 7.06. The molecule has 0 heterocycles. The van der Waals surface area contributed by atoms with Gasteiger partial charge < -0.3 is 0 Å². The molecular weight excluding hydrogens is 244 g/mol. The minimum Gasteiger partial charge on any atom is -0.294 e. The molecule has 2 aromatic carbocycles. The second kappa shape index (κ2) is 5.46. The lowest BCUT2D eigenvalue weighted by Crippen LogP contribution is -2.17. The Bertz CT molecular complexity index is 613. The number of benzene rings is 2. The average molecular weight is 262 g/mol. The molecule has 0 radical (unpaired) electrons. The largest absolute Gasteiger partial charge is 0.294 e. The first-order valence-corrected chi connectivity index (χ1v) is 7.06. The maximum absolute atomic E-state index is 12.7. The summed E-state index contributed by atoms with van der Waals surface area (Å²) < 4.78 is 0. The lowest BCUT2D eigenvalue weighted by Gasteiger charge is -2.18. The van der Waals surface area contributed by atoms with Gasteiger partial charge in [-0.1, -0.05) is 72.8 Å². The van der Waals surface area contributed by atoms with Gasteiger partial charge in [0.2, 0.25) is 0 Å². The highest BCUT2D eigenvalue weighted by molar-refractivity contribution is 5.98. The van der Waals surface area contributed by atoms with E-state index in [-0.39, 0.29) is 17.6 Å². The van der Waals surface area contributed by atoms with Gasteiger partial charge in [0.25, 0.3) is 0 Å². The van der Waals surface area contributed by atoms with E-state index in [1.165, 1.54) is 11.1 Å². The van der Waals surface area contributed by atoms with Crippen molar-refractivity contribution >= 4 is 5.78 Å². The molecule has 0 aliphatic heterocycles. The van der Waals surface area contributed by atoms with Crippen molar-refractivity contribution in [2.75, 3.05) is 0 Å². The summed E-state index contributed by atoms with van der Waals surface area (Å²) in [6.07, 6.45) is 1.74. The summed E-state index contributed by atoms with van der Waals surface area (Å²) in [5.74, 6) is 0.557. The van der Waals surface area contributed by atoms with Crippen LogP contribution in [0, 0.1) is 5.92 Å². The van der Waals surface area contributed by atoms with Crippen LogP contribution in [0.15, 0.2) is 72.8 Å². The molecule has 2 aromatic rings. The third-order valence-corrected chi connectivity index (χ3v) is 4.13. The normalized spacial score (nSPS) is 21.9. The van der Waals surface area contributed by atoms with E-state index < -0.39 is 0 Å². The molecular formula is C19H18O. The van der Waals surface area contributed by atoms with E-state index in [2.05, 4.69) is 18.7 Å². The third-order valence-electron chi connectivity index (χ3n) is 4.13. The van der Waals surface area contributed by atoms with Crippen molar-refractivity contribution < 1.29 is 4.79 Å². The minimum atomic E-state index is 0.0345. The zero-order chi connectivity index (χ0) is 13.9. The zero-order valence-electron chi connectivity index (χ0n) is 11.5. The van der Waals surface area contributed by atoms with Gasteiger partial charge in [0.15, 0.2) is 5.78 Å². The van der Waals surface area contributed by atoms with Crippen molar-refractivity contribution in [2.24, 2.45) is 5.92 Å². The molecule has 100 valence electrons. The lowest BCUT2D eigenvalue weighted by atomic mass is 9.84. The molecule has 1 nitrogen and oxygen atoms in total. The summed E-state index contributed by atoms with van der Waals surface area (Å²) in [7, 11) is 0. The molecule has 0 saturated heterocycles. The molecule has 2 unspecified atom stereocenters. The van der Waals surface area contributed by atoms with E-state index in [1.807, 2.05) is 48.5 Å². The zero-order valence-corrected chi connectivity index (χ0v) is 11.5. The molecule has 20 heavy (non-hydrogen) atoms. The first-order chi connectivity index (χ1) is 9.75. The van der Waals surface area contributed by atoms with Crippen molar-refractivity contribution in [1.29, 1.82) is 0 Å². The van der Waals surface area contributed by atoms with Crippen molar-refractivity contribution in [2.45, 2.75) is 18.8 Å². The number of ketones is 1. The van der Waals surface area contributed by atoms with E-state index in [9.17, 15) is 4.79 Å². The van der Waals surface area contributed by atoms with Crippen LogP contribution in [0.5, 0.6) is 0 Å². The van der Waals surface area contributed by atoms with Crippen molar-refractivity contribution in [3.63, 3.8) is 0 Å². The topological polar surface area (TPSA) is 17.1 Å². The summed E-state index contributed by atoms with van der Waals surface area (Å²) in [4.78, 5) is 12.7. The Kier molecular flexibility index (Phi) is 3.51. The summed E-state index contributed by atoms with van der Waals surface area (Å²) >= 11 is 0. The van der Waals surface area contributed by atoms with Crippen LogP contribution in [-0.4, -0.2) is 5.78 Å². The summed E-state index contributed by atoms with van der Waals surface area (Å²) in [6, 6.07) is 19.9. The van der Waals surface area contributed by atoms with Crippen LogP contribution in [-0.2, 0) is 0 Å². The standard InChI is InChI=1S/C19H18O/c1-14-12-17(15-8-4-2-5-9-15)18(13-14)19(20)16-10-6-3-7-11-16/h2-11,17-18H,1,12-13H2. The number of Topliss-reactive ketones (excluding diaryl/α,β-unsaturated/α-hetero) is 1. The number of allylic oxidation sites excluding steroid dienone is 1. The van der Waals surface area contributed by atoms with E-state index in [1.54, 1.807) is 0 Å². The van der Waals surface area contributed by atoms with E-state index in [0.29, 0.717) is 0 Å². The summed E-state index contributed by atoms with van der Waals surface area (Å²) in [6.45, 7) is 4.10. The smallest absolute Gasteiger partial charge is 0.166 e. The lowest BCUT2D eigenvalue weighted by molar-refractivity contribution is 0.0913. The van der Waals surface area contributed by atoms with Crippen LogP contribution >= 0.6 is 0 Å². The van der Waals surface area contributed by atoms with Crippen LogP contribution in [0.2, 0.25) is 0 Å². The molecule has 1 fully saturated rings. The fourth-order valence-corrected chi connectivity index (χ4v) is 3.13. The maximum atomic E-state index is 12.7. The van der Waals surface area contributed by atoms with Crippen molar-refractivity contribution in [3.8, 4) is 0 Å². The molecule has 0 N–H and O–H groups in total. The van der Waals surface area contributed by atoms with Gasteiger partial charge in [-0.3, -0.25) is 4.79 Å². The number of carbonyl (C=O) groups excluding carboxylic acids is 1. The van der Waals surface area contributed by atoms with Crippen LogP contribution in [0.4, 0.5) is 0 Å². The Morgan fingerprint density at radius 2 is 1.50 bits per heavy atom. The number of rotatable bonds is 3. The van der Waals surface area contributed by atoms with Crippen LogP contribution in [0.3, 0.4) is 0 Å². The number of hydrogen-bond acceptors (Lipinski definition) is 1. The second-order valence-electron chi connectivity index (χ2n) is 5.51. The predicted molar refractivity (Wildman–Crippen MR) is 81.8 cm³/mol. The van der Waals surface area contributed by atoms with Gasteiger partial charge in [-0.2, -0.15) is 0 Å². The van der Waals surface area contributed by atoms with E-state index >= 15 is 0 Å². The molecule has 0 aromatic heterocycles. The average Bonchev–Trinajstić information content (AvgIpc) is 2.90. The van der Waals surface area contributed by atoms with Crippen LogP contribution in [0.1, 0.15) is 34.7 Å². The van der Waals surface area contributed by atoms with Crippen LogP contribution in [0.25, 0.3) is 0 Å². The highest BCUT2D eigenvalue weighted by Gasteiger charge is 2.35. The monoisotopic (exact) mass is 262 g/mol. The SMILES string of the molecule is C=C1CC(C(=O)c2ccccc2)C(c2ccccc2)C1. The van der Waals surface area contributed by atoms with Gasteiger partial charge in [0.05, 0.1) is 0 Å². The van der Waals surface area contributed by atoms with Crippen LogP contribution < -0.4 is 0 Å². The van der Waals surface area contributed by atoms with E-state index in [0.717, 1.165) is 18.4 Å². The summed E-state index contributed by atoms with van der Waals surface area (Å²) in [5, 5.41) is 0. The number of hydrogen-bond donors (Lipinski definition) is 0. The molecule has 1 saturated carbocycles. The fourth-order valence-electron chi connectivity index (χ4n) is 3.13. The summed E-state index contributed by atoms with van der Waals surface area (Å²) in [5.41, 5.74) is 3.25. The van der Waals surface area contributed by atoms with Gasteiger partial charge in [-0.25, -0.2) is 0 Å². The fraction of sp³-hybridized carbons (Fsp3) is 0.211. The highest BCUT2D eigenvalue weighted by Crippen LogP contribution is 2.43. The number of carbonyl (C=O) groups is 1. The van der Waals surface area contributed by atoms with Gasteiger partial charge in [-0.15, -0.1) is 0 Å². The quantitative estimate of drug-likeness (QED) is 0.582. The molecule has 1 heteroatoms. The predicted octanol–water partition coefficient (Wildman–Crippen LogP) is 4.62. The van der Waals surface area contributed by atoms with Gasteiger partial charge >= 0.3 is 0 Å². The minimum absolute atomic E-state index is 0.0345. The first kappa shape index (κ1) is 12.9. The van der Waals surface area contributed by atoms with Gasteiger partial charge in [0, 0.05) is 11.5 Å². The Balaban J connectivity index is 1.91. The Labute approximate surface area is 120 Å². The molecule has 2 atom stereocenters. The van der Waals surface area contributed by atoms with E-state index in [4.69, 9.17) is 0 Å². The molecule has 3 rings (SSSR count). The van der Waals surface area contributed by atoms with Crippen molar-refractivity contribution in [3.05, 3.63) is 83.9 Å². The Hall–Kier alpha value is -2.15. The van der Waals surface area contributed by atoms with Gasteiger partial charge in [0.1, 0.15) is 0 Å². The molecule has 1 aliphatic rings. The Morgan fingerprint density at radius 3 is 2.15 bits per heavy atom. The van der Waals surface area contributed by atoms with Crippen molar-refractivity contribution in [1.82, 2.24) is 0 Å². The Morgan fingerprint density at radius 1 is 0.900 bits per heavy atom. The molecule has 0 amide bonds. The second-order valence-corrected chi connectivity index (χ2v) is 5.51.